The Bertz CT molecular complexity index is 502. The van der Waals surface area contributed by atoms with Crippen LogP contribution in [-0.4, -0.2) is 42.6 Å². The molecule has 0 aromatic carbocycles. The molecule has 0 saturated heterocycles. The van der Waals surface area contributed by atoms with Gasteiger partial charge in [-0.05, 0) is 25.5 Å². The van der Waals surface area contributed by atoms with Crippen molar-refractivity contribution in [1.29, 1.82) is 0 Å². The minimum absolute atomic E-state index is 0.0945. The van der Waals surface area contributed by atoms with E-state index >= 15 is 0 Å². The van der Waals surface area contributed by atoms with E-state index in [2.05, 4.69) is 10.3 Å². The third-order valence-electron chi connectivity index (χ3n) is 3.40. The zero-order valence-electron chi connectivity index (χ0n) is 12.3. The molecule has 1 aromatic rings. The van der Waals surface area contributed by atoms with Crippen molar-refractivity contribution in [3.8, 4) is 0 Å². The van der Waals surface area contributed by atoms with Crippen LogP contribution in [0.2, 0.25) is 0 Å². The Morgan fingerprint density at radius 3 is 2.60 bits per heavy atom. The zero-order valence-corrected chi connectivity index (χ0v) is 12.3. The number of nitrogens with zero attached hydrogens (tertiary/aromatic N) is 2. The second-order valence-electron chi connectivity index (χ2n) is 5.20. The summed E-state index contributed by atoms with van der Waals surface area (Å²) in [5, 5.41) is 11.8. The number of nitrogens with one attached hydrogen (secondary N) is 1. The van der Waals surface area contributed by atoms with E-state index in [-0.39, 0.29) is 12.5 Å². The summed E-state index contributed by atoms with van der Waals surface area (Å²) in [7, 11) is 3.67. The number of carboxylic acid groups (broad SMARTS) is 1. The number of anilines is 1. The molecular formula is C14H21N3O3. The van der Waals surface area contributed by atoms with Crippen LogP contribution in [0, 0.1) is 5.41 Å². The Labute approximate surface area is 118 Å². The lowest BCUT2D eigenvalue weighted by Gasteiger charge is -2.23. The number of hydrogen-bond donors (Lipinski definition) is 2. The lowest BCUT2D eigenvalue weighted by molar-refractivity contribution is -0.147. The van der Waals surface area contributed by atoms with Crippen molar-refractivity contribution in [2.45, 2.75) is 20.3 Å². The molecule has 0 radical (unpaired) electrons. The Kier molecular flexibility index (Phi) is 5.07. The van der Waals surface area contributed by atoms with Gasteiger partial charge in [-0.15, -0.1) is 0 Å². The molecule has 2 N–H and O–H groups in total. The average Bonchev–Trinajstić information content (AvgIpc) is 2.44. The van der Waals surface area contributed by atoms with Gasteiger partial charge in [-0.2, -0.15) is 0 Å². The normalized spacial score (nSPS) is 13.4. The van der Waals surface area contributed by atoms with Crippen LogP contribution in [0.5, 0.6) is 0 Å². The summed E-state index contributed by atoms with van der Waals surface area (Å²) in [5.74, 6) is -0.533. The average molecular weight is 279 g/mol. The number of pyridine rings is 1. The fraction of sp³-hybridized carbons (Fsp3) is 0.500. The Morgan fingerprint density at radius 1 is 1.45 bits per heavy atom. The van der Waals surface area contributed by atoms with Crippen LogP contribution in [-0.2, 0) is 4.79 Å². The molecule has 0 bridgehead atoms. The summed E-state index contributed by atoms with van der Waals surface area (Å²) in [5.41, 5.74) is -0.486. The number of carbonyl (C=O) groups excluding carboxylic acids is 1. The fourth-order valence-corrected chi connectivity index (χ4v) is 1.53. The van der Waals surface area contributed by atoms with Crippen LogP contribution in [0.4, 0.5) is 5.82 Å². The van der Waals surface area contributed by atoms with Gasteiger partial charge < -0.3 is 15.3 Å². The van der Waals surface area contributed by atoms with Crippen LogP contribution in [0.15, 0.2) is 18.3 Å². The highest BCUT2D eigenvalue weighted by Gasteiger charge is 2.31. The van der Waals surface area contributed by atoms with Gasteiger partial charge in [0, 0.05) is 32.4 Å². The highest BCUT2D eigenvalue weighted by molar-refractivity contribution is 5.95. The SMILES string of the molecule is CCC(C)(CNC(=O)c1ccnc(N(C)C)c1)C(=O)O. The van der Waals surface area contributed by atoms with Crippen molar-refractivity contribution in [3.63, 3.8) is 0 Å². The van der Waals surface area contributed by atoms with Gasteiger partial charge in [0.15, 0.2) is 0 Å². The molecule has 0 aliphatic carbocycles. The number of aliphatic carboxylic acids is 1. The van der Waals surface area contributed by atoms with Gasteiger partial charge in [0.1, 0.15) is 5.82 Å². The van der Waals surface area contributed by atoms with Gasteiger partial charge in [0.2, 0.25) is 0 Å². The van der Waals surface area contributed by atoms with Gasteiger partial charge in [0.25, 0.3) is 5.91 Å². The zero-order chi connectivity index (χ0) is 15.3. The maximum atomic E-state index is 12.1. The quantitative estimate of drug-likeness (QED) is 0.822. The second kappa shape index (κ2) is 6.36. The van der Waals surface area contributed by atoms with Gasteiger partial charge in [-0.25, -0.2) is 4.98 Å². The smallest absolute Gasteiger partial charge is 0.311 e. The van der Waals surface area contributed by atoms with E-state index in [4.69, 9.17) is 5.11 Å². The molecular weight excluding hydrogens is 258 g/mol. The van der Waals surface area contributed by atoms with E-state index < -0.39 is 11.4 Å². The first kappa shape index (κ1) is 15.9. The predicted molar refractivity (Wildman–Crippen MR) is 76.9 cm³/mol. The largest absolute Gasteiger partial charge is 0.481 e. The molecule has 0 aliphatic heterocycles. The summed E-state index contributed by atoms with van der Waals surface area (Å²) in [6.07, 6.45) is 2.00. The molecule has 0 fully saturated rings. The first-order valence-corrected chi connectivity index (χ1v) is 6.45. The maximum Gasteiger partial charge on any atom is 0.311 e. The molecule has 1 unspecified atom stereocenters. The molecule has 1 rings (SSSR count). The van der Waals surface area contributed by atoms with Crippen molar-refractivity contribution >= 4 is 17.7 Å². The fourth-order valence-electron chi connectivity index (χ4n) is 1.53. The van der Waals surface area contributed by atoms with Gasteiger partial charge in [-0.1, -0.05) is 6.92 Å². The third kappa shape index (κ3) is 3.69. The van der Waals surface area contributed by atoms with Gasteiger partial charge >= 0.3 is 5.97 Å². The molecule has 0 spiro atoms. The lowest BCUT2D eigenvalue weighted by atomic mass is 9.87. The number of carboxylic acids is 1. The van der Waals surface area contributed by atoms with Gasteiger partial charge in [0.05, 0.1) is 5.41 Å². The van der Waals surface area contributed by atoms with E-state index in [1.165, 1.54) is 0 Å². The maximum absolute atomic E-state index is 12.1. The molecule has 1 heterocycles. The Hall–Kier alpha value is -2.11. The standard InChI is InChI=1S/C14H21N3O3/c1-5-14(2,13(19)20)9-16-12(18)10-6-7-15-11(8-10)17(3)4/h6-8H,5,9H2,1-4H3,(H,16,18)(H,19,20). The molecule has 0 saturated carbocycles. The van der Waals surface area contributed by atoms with Crippen molar-refractivity contribution < 1.29 is 14.7 Å². The van der Waals surface area contributed by atoms with Crippen LogP contribution < -0.4 is 10.2 Å². The summed E-state index contributed by atoms with van der Waals surface area (Å²) in [6, 6.07) is 3.27. The van der Waals surface area contributed by atoms with Crippen LogP contribution in [0.1, 0.15) is 30.6 Å². The number of amides is 1. The predicted octanol–water partition coefficient (Wildman–Crippen LogP) is 1.38. The van der Waals surface area contributed by atoms with Crippen molar-refractivity contribution in [2.24, 2.45) is 5.41 Å². The van der Waals surface area contributed by atoms with E-state index in [0.717, 1.165) is 0 Å². The van der Waals surface area contributed by atoms with Gasteiger partial charge in [-0.3, -0.25) is 9.59 Å². The molecule has 6 heteroatoms. The summed E-state index contributed by atoms with van der Waals surface area (Å²) >= 11 is 0. The van der Waals surface area contributed by atoms with E-state index in [1.807, 2.05) is 14.1 Å². The Balaban J connectivity index is 2.77. The number of rotatable bonds is 6. The highest BCUT2D eigenvalue weighted by atomic mass is 16.4. The van der Waals surface area contributed by atoms with E-state index in [0.29, 0.717) is 17.8 Å². The van der Waals surface area contributed by atoms with E-state index in [9.17, 15) is 9.59 Å². The molecule has 1 amide bonds. The van der Waals surface area contributed by atoms with Crippen LogP contribution in [0.25, 0.3) is 0 Å². The first-order chi connectivity index (χ1) is 9.30. The van der Waals surface area contributed by atoms with Crippen molar-refractivity contribution in [3.05, 3.63) is 23.9 Å². The van der Waals surface area contributed by atoms with Crippen LogP contribution in [0.3, 0.4) is 0 Å². The number of hydrogen-bond acceptors (Lipinski definition) is 4. The molecule has 6 nitrogen and oxygen atoms in total. The van der Waals surface area contributed by atoms with Crippen molar-refractivity contribution in [1.82, 2.24) is 10.3 Å². The summed E-state index contributed by atoms with van der Waals surface area (Å²) in [6.45, 7) is 3.50. The minimum Gasteiger partial charge on any atom is -0.481 e. The lowest BCUT2D eigenvalue weighted by Crippen LogP contribution is -2.40. The van der Waals surface area contributed by atoms with E-state index in [1.54, 1.807) is 37.1 Å². The first-order valence-electron chi connectivity index (χ1n) is 6.45. The third-order valence-corrected chi connectivity index (χ3v) is 3.40. The number of carbonyl (C=O) groups is 2. The molecule has 1 aromatic heterocycles. The van der Waals surface area contributed by atoms with Crippen LogP contribution >= 0.6 is 0 Å². The topological polar surface area (TPSA) is 82.5 Å². The molecule has 1 atom stereocenters. The summed E-state index contributed by atoms with van der Waals surface area (Å²) in [4.78, 5) is 29.2. The molecule has 20 heavy (non-hydrogen) atoms. The second-order valence-corrected chi connectivity index (χ2v) is 5.20. The minimum atomic E-state index is -0.951. The molecule has 0 aliphatic rings. The highest BCUT2D eigenvalue weighted by Crippen LogP contribution is 2.20. The monoisotopic (exact) mass is 279 g/mol. The Morgan fingerprint density at radius 2 is 2.10 bits per heavy atom. The molecule has 110 valence electrons. The number of aromatic nitrogens is 1. The van der Waals surface area contributed by atoms with Crippen molar-refractivity contribution in [2.75, 3.05) is 25.5 Å². The summed E-state index contributed by atoms with van der Waals surface area (Å²) < 4.78 is 0.